The minimum Gasteiger partial charge on any atom is -0.477 e. The Morgan fingerprint density at radius 3 is 2.50 bits per heavy atom. The minimum absolute atomic E-state index is 0.0392. The Kier molecular flexibility index (Phi) is 6.81. The van der Waals surface area contributed by atoms with Gasteiger partial charge in [0.2, 0.25) is 21.8 Å². The zero-order valence-corrected chi connectivity index (χ0v) is 19.5. The quantitative estimate of drug-likeness (QED) is 0.658. The van der Waals surface area contributed by atoms with Crippen molar-refractivity contribution < 1.29 is 17.9 Å². The number of ether oxygens (including phenoxy) is 1. The predicted molar refractivity (Wildman–Crippen MR) is 122 cm³/mol. The minimum atomic E-state index is -3.54. The second-order valence-corrected chi connectivity index (χ2v) is 10.8. The molecular formula is C24H31N3O4S. The van der Waals surface area contributed by atoms with Gasteiger partial charge >= 0.3 is 0 Å². The van der Waals surface area contributed by atoms with Crippen LogP contribution in [-0.4, -0.2) is 43.3 Å². The molecule has 0 bridgehead atoms. The fourth-order valence-electron chi connectivity index (χ4n) is 4.01. The normalized spacial score (nSPS) is 17.8. The Morgan fingerprint density at radius 2 is 1.88 bits per heavy atom. The van der Waals surface area contributed by atoms with Crippen molar-refractivity contribution in [1.82, 2.24) is 14.6 Å². The van der Waals surface area contributed by atoms with Crippen LogP contribution in [0.2, 0.25) is 0 Å². The standard InChI is InChI=1S/C24H31N3O4S/c1-17-3-7-22(18(2)13-17)32(29,30)27-11-9-21(10-12-27)24(28)26-15-20-6-8-23(25-14-20)31-16-19-4-5-19/h3,6-8,13-14,19,21H,4-5,9-12,15-16H2,1-2H3,(H,26,28). The van der Waals surface area contributed by atoms with Crippen LogP contribution in [0.4, 0.5) is 0 Å². The zero-order valence-electron chi connectivity index (χ0n) is 18.7. The molecule has 1 saturated heterocycles. The highest BCUT2D eigenvalue weighted by molar-refractivity contribution is 7.89. The largest absolute Gasteiger partial charge is 0.477 e. The summed E-state index contributed by atoms with van der Waals surface area (Å²) in [4.78, 5) is 17.3. The molecule has 0 unspecified atom stereocenters. The smallest absolute Gasteiger partial charge is 0.243 e. The molecule has 2 fully saturated rings. The van der Waals surface area contributed by atoms with Crippen LogP contribution in [0.15, 0.2) is 41.4 Å². The van der Waals surface area contributed by atoms with E-state index in [4.69, 9.17) is 4.74 Å². The van der Waals surface area contributed by atoms with E-state index in [1.165, 1.54) is 17.1 Å². The van der Waals surface area contributed by atoms with Crippen molar-refractivity contribution in [2.45, 2.75) is 51.0 Å². The number of benzene rings is 1. The number of hydrogen-bond acceptors (Lipinski definition) is 5. The molecule has 1 aromatic carbocycles. The summed E-state index contributed by atoms with van der Waals surface area (Å²) in [6.45, 7) is 5.59. The number of piperidine rings is 1. The molecule has 1 saturated carbocycles. The molecular weight excluding hydrogens is 426 g/mol. The summed E-state index contributed by atoms with van der Waals surface area (Å²) in [6, 6.07) is 9.12. The maximum atomic E-state index is 13.0. The molecule has 1 amide bonds. The molecule has 4 rings (SSSR count). The molecule has 1 aliphatic heterocycles. The number of pyridine rings is 1. The van der Waals surface area contributed by atoms with E-state index in [0.29, 0.717) is 49.2 Å². The average Bonchev–Trinajstić information content (AvgIpc) is 3.61. The molecule has 0 spiro atoms. The van der Waals surface area contributed by atoms with E-state index in [-0.39, 0.29) is 11.8 Å². The number of nitrogens with one attached hydrogen (secondary N) is 1. The Labute approximate surface area is 190 Å². The fourth-order valence-corrected chi connectivity index (χ4v) is 5.68. The van der Waals surface area contributed by atoms with Crippen molar-refractivity contribution in [2.24, 2.45) is 11.8 Å². The van der Waals surface area contributed by atoms with Gasteiger partial charge in [0, 0.05) is 37.8 Å². The van der Waals surface area contributed by atoms with E-state index in [2.05, 4.69) is 10.3 Å². The Bertz CT molecular complexity index is 1060. The molecule has 0 radical (unpaired) electrons. The molecule has 7 nitrogen and oxygen atoms in total. The van der Waals surface area contributed by atoms with Gasteiger partial charge in [0.05, 0.1) is 11.5 Å². The lowest BCUT2D eigenvalue weighted by Gasteiger charge is -2.31. The van der Waals surface area contributed by atoms with Crippen molar-refractivity contribution >= 4 is 15.9 Å². The Hall–Kier alpha value is -2.45. The Balaban J connectivity index is 1.26. The highest BCUT2D eigenvalue weighted by atomic mass is 32.2. The summed E-state index contributed by atoms with van der Waals surface area (Å²) < 4.78 is 33.2. The van der Waals surface area contributed by atoms with Crippen molar-refractivity contribution in [2.75, 3.05) is 19.7 Å². The van der Waals surface area contributed by atoms with Crippen molar-refractivity contribution in [3.05, 3.63) is 53.2 Å². The van der Waals surface area contributed by atoms with Gasteiger partial charge < -0.3 is 10.1 Å². The van der Waals surface area contributed by atoms with Crippen molar-refractivity contribution in [1.29, 1.82) is 0 Å². The van der Waals surface area contributed by atoms with Gasteiger partial charge in [-0.15, -0.1) is 0 Å². The molecule has 1 aromatic heterocycles. The third-order valence-corrected chi connectivity index (χ3v) is 8.26. The number of aromatic nitrogens is 1. The molecule has 8 heteroatoms. The summed E-state index contributed by atoms with van der Waals surface area (Å²) >= 11 is 0. The molecule has 1 N–H and O–H groups in total. The molecule has 32 heavy (non-hydrogen) atoms. The summed E-state index contributed by atoms with van der Waals surface area (Å²) in [7, 11) is -3.54. The van der Waals surface area contributed by atoms with Crippen LogP contribution in [0.3, 0.4) is 0 Å². The SMILES string of the molecule is Cc1ccc(S(=O)(=O)N2CCC(C(=O)NCc3ccc(OCC4CC4)nc3)CC2)c(C)c1. The van der Waals surface area contributed by atoms with Crippen LogP contribution in [0.5, 0.6) is 5.88 Å². The number of nitrogens with zero attached hydrogens (tertiary/aromatic N) is 2. The van der Waals surface area contributed by atoms with Crippen LogP contribution in [-0.2, 0) is 21.4 Å². The van der Waals surface area contributed by atoms with E-state index >= 15 is 0 Å². The molecule has 172 valence electrons. The zero-order chi connectivity index (χ0) is 22.7. The molecule has 1 aliphatic carbocycles. The first-order valence-corrected chi connectivity index (χ1v) is 12.7. The van der Waals surface area contributed by atoms with Crippen LogP contribution in [0.1, 0.15) is 42.4 Å². The summed E-state index contributed by atoms with van der Waals surface area (Å²) in [6.07, 6.45) is 5.23. The summed E-state index contributed by atoms with van der Waals surface area (Å²) in [5, 5.41) is 2.96. The predicted octanol–water partition coefficient (Wildman–Crippen LogP) is 3.20. The van der Waals surface area contributed by atoms with Crippen LogP contribution in [0.25, 0.3) is 0 Å². The number of aryl methyl sites for hydroxylation is 2. The van der Waals surface area contributed by atoms with Gasteiger partial charge in [-0.1, -0.05) is 23.8 Å². The first-order chi connectivity index (χ1) is 15.3. The monoisotopic (exact) mass is 457 g/mol. The second-order valence-electron chi connectivity index (χ2n) is 8.92. The topological polar surface area (TPSA) is 88.6 Å². The van der Waals surface area contributed by atoms with E-state index in [9.17, 15) is 13.2 Å². The second kappa shape index (κ2) is 9.58. The maximum absolute atomic E-state index is 13.0. The van der Waals surface area contributed by atoms with Crippen LogP contribution >= 0.6 is 0 Å². The van der Waals surface area contributed by atoms with Crippen molar-refractivity contribution in [3.63, 3.8) is 0 Å². The third-order valence-electron chi connectivity index (χ3n) is 6.20. The number of sulfonamides is 1. The van der Waals surface area contributed by atoms with Crippen LogP contribution in [0, 0.1) is 25.7 Å². The summed E-state index contributed by atoms with van der Waals surface area (Å²) in [5.74, 6) is 1.07. The number of amides is 1. The first-order valence-electron chi connectivity index (χ1n) is 11.3. The van der Waals surface area contributed by atoms with Gasteiger partial charge in [-0.2, -0.15) is 4.31 Å². The maximum Gasteiger partial charge on any atom is 0.243 e. The lowest BCUT2D eigenvalue weighted by Crippen LogP contribution is -2.43. The number of hydrogen-bond donors (Lipinski definition) is 1. The van der Waals surface area contributed by atoms with Gasteiger partial charge in [-0.05, 0) is 62.6 Å². The first kappa shape index (κ1) is 22.7. The highest BCUT2D eigenvalue weighted by Crippen LogP contribution is 2.29. The van der Waals surface area contributed by atoms with E-state index in [1.54, 1.807) is 12.3 Å². The van der Waals surface area contributed by atoms with Gasteiger partial charge in [-0.3, -0.25) is 4.79 Å². The van der Waals surface area contributed by atoms with E-state index in [1.807, 2.05) is 38.1 Å². The number of carbonyl (C=O) groups excluding carboxylic acids is 1. The highest BCUT2D eigenvalue weighted by Gasteiger charge is 2.32. The molecule has 2 aliphatic rings. The van der Waals surface area contributed by atoms with Gasteiger partial charge in [0.1, 0.15) is 0 Å². The summed E-state index contributed by atoms with van der Waals surface area (Å²) in [5.41, 5.74) is 2.70. The van der Waals surface area contributed by atoms with Gasteiger partial charge in [0.15, 0.2) is 0 Å². The third kappa shape index (κ3) is 5.48. The lowest BCUT2D eigenvalue weighted by atomic mass is 9.97. The van der Waals surface area contributed by atoms with Gasteiger partial charge in [0.25, 0.3) is 0 Å². The molecule has 2 aromatic rings. The van der Waals surface area contributed by atoms with Crippen molar-refractivity contribution in [3.8, 4) is 5.88 Å². The van der Waals surface area contributed by atoms with Crippen LogP contribution < -0.4 is 10.1 Å². The van der Waals surface area contributed by atoms with E-state index in [0.717, 1.165) is 23.3 Å². The number of rotatable bonds is 8. The number of carbonyl (C=O) groups is 1. The average molecular weight is 458 g/mol. The lowest BCUT2D eigenvalue weighted by molar-refractivity contribution is -0.126. The molecule has 0 atom stereocenters. The fraction of sp³-hybridized carbons (Fsp3) is 0.500. The van der Waals surface area contributed by atoms with E-state index < -0.39 is 10.0 Å². The molecule has 2 heterocycles. The Morgan fingerprint density at radius 1 is 1.12 bits per heavy atom. The van der Waals surface area contributed by atoms with Gasteiger partial charge in [-0.25, -0.2) is 13.4 Å².